The van der Waals surface area contributed by atoms with Crippen LogP contribution < -0.4 is 4.90 Å². The topological polar surface area (TPSA) is 49.9 Å². The van der Waals surface area contributed by atoms with E-state index in [-0.39, 0.29) is 17.9 Å². The van der Waals surface area contributed by atoms with Crippen molar-refractivity contribution >= 4 is 17.5 Å². The molecule has 2 saturated heterocycles. The summed E-state index contributed by atoms with van der Waals surface area (Å²) < 4.78 is 0. The SMILES string of the molecule is Cc1ccc(N2C(=O)C3ON(C)C(/C=C/C(C)C)C3C2=O)cc1. The van der Waals surface area contributed by atoms with Gasteiger partial charge in [0.2, 0.25) is 5.91 Å². The maximum absolute atomic E-state index is 12.8. The van der Waals surface area contributed by atoms with E-state index < -0.39 is 12.0 Å². The van der Waals surface area contributed by atoms with Gasteiger partial charge in [0.1, 0.15) is 0 Å². The van der Waals surface area contributed by atoms with Crippen LogP contribution in [0.2, 0.25) is 0 Å². The Morgan fingerprint density at radius 2 is 1.78 bits per heavy atom. The normalized spacial score (nSPS) is 28.4. The summed E-state index contributed by atoms with van der Waals surface area (Å²) in [6.45, 7) is 6.12. The van der Waals surface area contributed by atoms with Crippen LogP contribution in [-0.2, 0) is 14.4 Å². The Hall–Kier alpha value is -1.98. The Balaban J connectivity index is 1.91. The predicted octanol–water partition coefficient (Wildman–Crippen LogP) is 2.31. The van der Waals surface area contributed by atoms with Gasteiger partial charge in [-0.1, -0.05) is 43.7 Å². The molecular weight excluding hydrogens is 292 g/mol. The lowest BCUT2D eigenvalue weighted by atomic mass is 9.95. The predicted molar refractivity (Wildman–Crippen MR) is 87.6 cm³/mol. The van der Waals surface area contributed by atoms with Gasteiger partial charge in [0.05, 0.1) is 17.6 Å². The molecule has 2 aliphatic rings. The van der Waals surface area contributed by atoms with E-state index in [1.807, 2.05) is 31.2 Å². The van der Waals surface area contributed by atoms with E-state index in [4.69, 9.17) is 4.84 Å². The molecule has 0 aliphatic carbocycles. The largest absolute Gasteiger partial charge is 0.284 e. The van der Waals surface area contributed by atoms with E-state index in [1.165, 1.54) is 4.90 Å². The number of hydrogen-bond donors (Lipinski definition) is 0. The summed E-state index contributed by atoms with van der Waals surface area (Å²) in [5.74, 6) is -0.575. The molecule has 0 radical (unpaired) electrons. The van der Waals surface area contributed by atoms with Crippen LogP contribution in [-0.4, -0.2) is 36.1 Å². The number of hydrogen-bond acceptors (Lipinski definition) is 4. The van der Waals surface area contributed by atoms with Crippen LogP contribution in [0.3, 0.4) is 0 Å². The van der Waals surface area contributed by atoms with Gasteiger partial charge in [0.15, 0.2) is 6.10 Å². The number of amides is 2. The van der Waals surface area contributed by atoms with Crippen LogP contribution in [0.25, 0.3) is 0 Å². The smallest absolute Gasteiger partial charge is 0.265 e. The molecule has 122 valence electrons. The lowest BCUT2D eigenvalue weighted by Crippen LogP contribution is -2.38. The molecule has 0 N–H and O–H groups in total. The van der Waals surface area contributed by atoms with Gasteiger partial charge in [-0.2, -0.15) is 5.06 Å². The molecule has 5 nitrogen and oxygen atoms in total. The fourth-order valence-corrected chi connectivity index (χ4v) is 3.10. The molecule has 1 aromatic carbocycles. The van der Waals surface area contributed by atoms with E-state index in [1.54, 1.807) is 24.2 Å². The Bertz CT molecular complexity index is 651. The Labute approximate surface area is 136 Å². The molecule has 1 aromatic rings. The molecule has 0 saturated carbocycles. The Morgan fingerprint density at radius 3 is 2.39 bits per heavy atom. The first kappa shape index (κ1) is 15.9. The monoisotopic (exact) mass is 314 g/mol. The number of rotatable bonds is 3. The van der Waals surface area contributed by atoms with Crippen LogP contribution in [0, 0.1) is 18.8 Å². The van der Waals surface area contributed by atoms with Crippen molar-refractivity contribution in [2.75, 3.05) is 11.9 Å². The van der Waals surface area contributed by atoms with E-state index in [0.29, 0.717) is 11.6 Å². The van der Waals surface area contributed by atoms with Crippen molar-refractivity contribution in [3.63, 3.8) is 0 Å². The number of aryl methyl sites for hydroxylation is 1. The molecule has 2 amide bonds. The molecule has 2 fully saturated rings. The lowest BCUT2D eigenvalue weighted by molar-refractivity contribution is -0.157. The quantitative estimate of drug-likeness (QED) is 0.634. The minimum Gasteiger partial charge on any atom is -0.284 e. The summed E-state index contributed by atoms with van der Waals surface area (Å²) in [6, 6.07) is 7.18. The molecule has 2 heterocycles. The van der Waals surface area contributed by atoms with Gasteiger partial charge < -0.3 is 0 Å². The van der Waals surface area contributed by atoms with Crippen molar-refractivity contribution < 1.29 is 14.4 Å². The standard InChI is InChI=1S/C18H22N2O3/c1-11(2)5-10-14-15-16(23-19(14)4)18(22)20(17(15)21)13-8-6-12(3)7-9-13/h5-11,14-16H,1-4H3/b10-5+. The van der Waals surface area contributed by atoms with Gasteiger partial charge in [0.25, 0.3) is 5.91 Å². The summed E-state index contributed by atoms with van der Waals surface area (Å²) in [7, 11) is 1.77. The molecule has 3 unspecified atom stereocenters. The maximum Gasteiger partial charge on any atom is 0.265 e. The zero-order valence-corrected chi connectivity index (χ0v) is 13.9. The van der Waals surface area contributed by atoms with Crippen molar-refractivity contribution in [3.8, 4) is 0 Å². The fraction of sp³-hybridized carbons (Fsp3) is 0.444. The van der Waals surface area contributed by atoms with Gasteiger partial charge in [0, 0.05) is 7.05 Å². The van der Waals surface area contributed by atoms with Gasteiger partial charge >= 0.3 is 0 Å². The number of carbonyl (C=O) groups excluding carboxylic acids is 2. The number of allylic oxidation sites excluding steroid dienone is 1. The number of anilines is 1. The van der Waals surface area contributed by atoms with Crippen LogP contribution in [0.15, 0.2) is 36.4 Å². The highest BCUT2D eigenvalue weighted by atomic mass is 16.7. The number of hydroxylamine groups is 2. The minimum atomic E-state index is -0.726. The molecule has 5 heteroatoms. The second kappa shape index (κ2) is 5.91. The first-order chi connectivity index (χ1) is 10.9. The van der Waals surface area contributed by atoms with Crippen molar-refractivity contribution in [3.05, 3.63) is 42.0 Å². The van der Waals surface area contributed by atoms with Crippen LogP contribution in [0.5, 0.6) is 0 Å². The Morgan fingerprint density at radius 1 is 1.13 bits per heavy atom. The summed E-state index contributed by atoms with van der Waals surface area (Å²) in [4.78, 5) is 32.4. The average Bonchev–Trinajstić information content (AvgIpc) is 2.94. The van der Waals surface area contributed by atoms with Gasteiger partial charge in [-0.25, -0.2) is 4.90 Å². The van der Waals surface area contributed by atoms with Crippen LogP contribution in [0.4, 0.5) is 5.69 Å². The van der Waals surface area contributed by atoms with Crippen molar-refractivity contribution in [2.24, 2.45) is 11.8 Å². The fourth-order valence-electron chi connectivity index (χ4n) is 3.10. The number of nitrogens with zero attached hydrogens (tertiary/aromatic N) is 2. The third-order valence-electron chi connectivity index (χ3n) is 4.35. The molecule has 2 aliphatic heterocycles. The highest BCUT2D eigenvalue weighted by molar-refractivity contribution is 6.23. The summed E-state index contributed by atoms with van der Waals surface area (Å²) in [5, 5.41) is 1.62. The number of benzene rings is 1. The summed E-state index contributed by atoms with van der Waals surface area (Å²) in [6.07, 6.45) is 3.29. The van der Waals surface area contributed by atoms with E-state index in [2.05, 4.69) is 13.8 Å². The molecule has 0 spiro atoms. The van der Waals surface area contributed by atoms with E-state index in [0.717, 1.165) is 5.56 Å². The van der Waals surface area contributed by atoms with Crippen molar-refractivity contribution in [2.45, 2.75) is 32.9 Å². The van der Waals surface area contributed by atoms with Gasteiger partial charge in [-0.3, -0.25) is 14.4 Å². The zero-order valence-electron chi connectivity index (χ0n) is 13.9. The van der Waals surface area contributed by atoms with E-state index in [9.17, 15) is 9.59 Å². The first-order valence-electron chi connectivity index (χ1n) is 7.92. The summed E-state index contributed by atoms with van der Waals surface area (Å²) >= 11 is 0. The third-order valence-corrected chi connectivity index (χ3v) is 4.35. The number of carbonyl (C=O) groups is 2. The highest BCUT2D eigenvalue weighted by Gasteiger charge is 2.58. The second-order valence-electron chi connectivity index (χ2n) is 6.56. The molecule has 23 heavy (non-hydrogen) atoms. The average molecular weight is 314 g/mol. The van der Waals surface area contributed by atoms with E-state index >= 15 is 0 Å². The Kier molecular flexibility index (Phi) is 4.08. The molecule has 0 aromatic heterocycles. The van der Waals surface area contributed by atoms with Gasteiger partial charge in [-0.05, 0) is 25.0 Å². The number of likely N-dealkylation sites (N-methyl/N-ethyl adjacent to an activating group) is 1. The zero-order chi connectivity index (χ0) is 16.7. The molecule has 0 bridgehead atoms. The maximum atomic E-state index is 12.8. The van der Waals surface area contributed by atoms with Gasteiger partial charge in [-0.15, -0.1) is 0 Å². The molecule has 3 atom stereocenters. The van der Waals surface area contributed by atoms with Crippen molar-refractivity contribution in [1.29, 1.82) is 0 Å². The second-order valence-corrected chi connectivity index (χ2v) is 6.56. The number of fused-ring (bicyclic) bond motifs is 1. The number of imide groups is 1. The first-order valence-corrected chi connectivity index (χ1v) is 7.92. The third kappa shape index (κ3) is 2.71. The van der Waals surface area contributed by atoms with Crippen LogP contribution in [0.1, 0.15) is 19.4 Å². The lowest BCUT2D eigenvalue weighted by Gasteiger charge is -2.22. The van der Waals surface area contributed by atoms with Crippen LogP contribution >= 0.6 is 0 Å². The molecule has 3 rings (SSSR count). The summed E-state index contributed by atoms with van der Waals surface area (Å²) in [5.41, 5.74) is 1.69. The van der Waals surface area contributed by atoms with Crippen molar-refractivity contribution in [1.82, 2.24) is 5.06 Å². The minimum absolute atomic E-state index is 0.188. The molecular formula is C18H22N2O3. The highest BCUT2D eigenvalue weighted by Crippen LogP contribution is 2.37.